The van der Waals surface area contributed by atoms with Gasteiger partial charge in [-0.25, -0.2) is 0 Å². The molecule has 0 aromatic carbocycles. The molecule has 0 aromatic rings. The van der Waals surface area contributed by atoms with Gasteiger partial charge in [-0.3, -0.25) is 0 Å². The highest BCUT2D eigenvalue weighted by Gasteiger charge is 2.34. The molecule has 0 amide bonds. The van der Waals surface area contributed by atoms with Crippen molar-refractivity contribution in [3.63, 3.8) is 0 Å². The molecule has 0 bridgehead atoms. The summed E-state index contributed by atoms with van der Waals surface area (Å²) in [6.07, 6.45) is 7.73. The maximum atomic E-state index is 6.16. The largest absolute Gasteiger partial charge is 0.378 e. The fourth-order valence-corrected chi connectivity index (χ4v) is 3.80. The Bertz CT molecular complexity index is 412. The van der Waals surface area contributed by atoms with Crippen LogP contribution in [0, 0.1) is 23.7 Å². The molecule has 0 spiro atoms. The van der Waals surface area contributed by atoms with E-state index in [1.54, 1.807) is 0 Å². The van der Waals surface area contributed by atoms with Crippen LogP contribution < -0.4 is 0 Å². The summed E-state index contributed by atoms with van der Waals surface area (Å²) in [6, 6.07) is 0. The van der Waals surface area contributed by atoms with Crippen LogP contribution in [-0.4, -0.2) is 24.1 Å². The Balaban J connectivity index is 1.96. The first-order valence-corrected chi connectivity index (χ1v) is 9.22. The van der Waals surface area contributed by atoms with E-state index in [1.165, 1.54) is 49.9 Å². The molecular formula is C19H34N2O. The zero-order valence-corrected chi connectivity index (χ0v) is 15.1. The van der Waals surface area contributed by atoms with Crippen molar-refractivity contribution in [1.29, 1.82) is 0 Å². The first-order valence-electron chi connectivity index (χ1n) is 9.22. The van der Waals surface area contributed by atoms with Crippen LogP contribution in [0.4, 0.5) is 0 Å². The van der Waals surface area contributed by atoms with Crippen molar-refractivity contribution in [2.75, 3.05) is 6.61 Å². The Labute approximate surface area is 136 Å². The van der Waals surface area contributed by atoms with E-state index in [-0.39, 0.29) is 0 Å². The van der Waals surface area contributed by atoms with E-state index in [0.29, 0.717) is 23.9 Å². The summed E-state index contributed by atoms with van der Waals surface area (Å²) in [5.41, 5.74) is 2.56. The molecule has 0 aromatic heterocycles. The maximum absolute atomic E-state index is 6.16. The molecule has 126 valence electrons. The Kier molecular flexibility index (Phi) is 6.61. The quantitative estimate of drug-likeness (QED) is 0.695. The summed E-state index contributed by atoms with van der Waals surface area (Å²) in [4.78, 5) is 0. The highest BCUT2D eigenvalue weighted by atomic mass is 16.5. The van der Waals surface area contributed by atoms with Crippen LogP contribution in [0.15, 0.2) is 10.2 Å². The summed E-state index contributed by atoms with van der Waals surface area (Å²) in [5.74, 6) is 2.44. The van der Waals surface area contributed by atoms with Gasteiger partial charge < -0.3 is 4.74 Å². The van der Waals surface area contributed by atoms with Crippen LogP contribution in [0.3, 0.4) is 0 Å². The van der Waals surface area contributed by atoms with Gasteiger partial charge in [0.1, 0.15) is 0 Å². The highest BCUT2D eigenvalue weighted by Crippen LogP contribution is 2.35. The van der Waals surface area contributed by atoms with E-state index >= 15 is 0 Å². The zero-order valence-electron chi connectivity index (χ0n) is 15.1. The lowest BCUT2D eigenvalue weighted by Gasteiger charge is -2.35. The van der Waals surface area contributed by atoms with Gasteiger partial charge in [0.05, 0.1) is 6.10 Å². The zero-order chi connectivity index (χ0) is 16.1. The molecular weight excluding hydrogens is 272 g/mol. The lowest BCUT2D eigenvalue weighted by Crippen LogP contribution is -2.36. The second-order valence-corrected chi connectivity index (χ2v) is 7.82. The topological polar surface area (TPSA) is 34.0 Å². The molecule has 0 saturated heterocycles. The SMILES string of the molecule is CC1=NN=C(C(C)C)C2CCC(OCCC(C)C)CCCC12. The predicted octanol–water partition coefficient (Wildman–Crippen LogP) is 5.10. The van der Waals surface area contributed by atoms with Crippen molar-refractivity contribution in [2.45, 2.75) is 79.2 Å². The molecule has 1 aliphatic carbocycles. The molecule has 1 saturated carbocycles. The minimum atomic E-state index is 0.451. The van der Waals surface area contributed by atoms with Gasteiger partial charge in [-0.05, 0) is 50.9 Å². The molecule has 1 fully saturated rings. The van der Waals surface area contributed by atoms with Crippen LogP contribution in [0.25, 0.3) is 0 Å². The first-order chi connectivity index (χ1) is 10.5. The molecule has 0 radical (unpaired) electrons. The number of hydrogen-bond acceptors (Lipinski definition) is 3. The fourth-order valence-electron chi connectivity index (χ4n) is 3.80. The summed E-state index contributed by atoms with van der Waals surface area (Å²) in [6.45, 7) is 12.1. The van der Waals surface area contributed by atoms with Gasteiger partial charge in [-0.15, -0.1) is 0 Å². The predicted molar refractivity (Wildman–Crippen MR) is 94.6 cm³/mol. The third-order valence-electron chi connectivity index (χ3n) is 5.21. The van der Waals surface area contributed by atoms with Crippen LogP contribution in [0.2, 0.25) is 0 Å². The fraction of sp³-hybridized carbons (Fsp3) is 0.895. The summed E-state index contributed by atoms with van der Waals surface area (Å²) in [5, 5.41) is 8.99. The number of hydrogen-bond donors (Lipinski definition) is 0. The van der Waals surface area contributed by atoms with Gasteiger partial charge in [0.2, 0.25) is 0 Å². The molecule has 22 heavy (non-hydrogen) atoms. The Hall–Kier alpha value is -0.700. The van der Waals surface area contributed by atoms with Crippen molar-refractivity contribution in [2.24, 2.45) is 33.9 Å². The van der Waals surface area contributed by atoms with Crippen molar-refractivity contribution in [3.05, 3.63) is 0 Å². The minimum Gasteiger partial charge on any atom is -0.378 e. The molecule has 2 aliphatic rings. The smallest absolute Gasteiger partial charge is 0.0575 e. The van der Waals surface area contributed by atoms with Crippen LogP contribution in [0.1, 0.15) is 73.1 Å². The Morgan fingerprint density at radius 3 is 2.45 bits per heavy atom. The van der Waals surface area contributed by atoms with Gasteiger partial charge >= 0.3 is 0 Å². The van der Waals surface area contributed by atoms with E-state index < -0.39 is 0 Å². The van der Waals surface area contributed by atoms with Crippen LogP contribution in [0.5, 0.6) is 0 Å². The number of fused-ring (bicyclic) bond motifs is 1. The lowest BCUT2D eigenvalue weighted by atomic mass is 9.73. The van der Waals surface area contributed by atoms with Crippen molar-refractivity contribution in [3.8, 4) is 0 Å². The second kappa shape index (κ2) is 8.24. The lowest BCUT2D eigenvalue weighted by molar-refractivity contribution is 0.0259. The normalized spacial score (nSPS) is 29.7. The standard InChI is InChI=1S/C19H34N2O/c1-13(2)11-12-22-16-7-6-8-17-15(5)20-21-19(14(3)4)18(17)10-9-16/h13-14,16-18H,6-12H2,1-5H3. The summed E-state index contributed by atoms with van der Waals surface area (Å²) < 4.78 is 6.16. The van der Waals surface area contributed by atoms with Crippen molar-refractivity contribution >= 4 is 11.4 Å². The van der Waals surface area contributed by atoms with E-state index in [4.69, 9.17) is 4.74 Å². The van der Waals surface area contributed by atoms with Gasteiger partial charge in [0.15, 0.2) is 0 Å². The average molecular weight is 306 g/mol. The Morgan fingerprint density at radius 1 is 1.00 bits per heavy atom. The third kappa shape index (κ3) is 4.65. The van der Waals surface area contributed by atoms with Crippen molar-refractivity contribution in [1.82, 2.24) is 0 Å². The van der Waals surface area contributed by atoms with Gasteiger partial charge in [0.25, 0.3) is 0 Å². The minimum absolute atomic E-state index is 0.451. The maximum Gasteiger partial charge on any atom is 0.0575 e. The molecule has 1 aliphatic heterocycles. The Morgan fingerprint density at radius 2 is 1.77 bits per heavy atom. The van der Waals surface area contributed by atoms with Gasteiger partial charge in [0, 0.05) is 29.9 Å². The highest BCUT2D eigenvalue weighted by molar-refractivity contribution is 5.97. The van der Waals surface area contributed by atoms with E-state index in [0.717, 1.165) is 12.5 Å². The molecule has 3 unspecified atom stereocenters. The van der Waals surface area contributed by atoms with E-state index in [2.05, 4.69) is 44.8 Å². The van der Waals surface area contributed by atoms with Crippen LogP contribution in [-0.2, 0) is 4.74 Å². The molecule has 3 heteroatoms. The number of nitrogens with zero attached hydrogens (tertiary/aromatic N) is 2. The molecule has 3 atom stereocenters. The number of ether oxygens (including phenoxy) is 1. The van der Waals surface area contributed by atoms with E-state index in [9.17, 15) is 0 Å². The van der Waals surface area contributed by atoms with Gasteiger partial charge in [-0.2, -0.15) is 10.2 Å². The summed E-state index contributed by atoms with van der Waals surface area (Å²) >= 11 is 0. The van der Waals surface area contributed by atoms with Gasteiger partial charge in [-0.1, -0.05) is 34.1 Å². The molecule has 0 N–H and O–H groups in total. The van der Waals surface area contributed by atoms with Crippen LogP contribution >= 0.6 is 0 Å². The molecule has 3 nitrogen and oxygen atoms in total. The third-order valence-corrected chi connectivity index (χ3v) is 5.21. The second-order valence-electron chi connectivity index (χ2n) is 7.82. The summed E-state index contributed by atoms with van der Waals surface area (Å²) in [7, 11) is 0. The van der Waals surface area contributed by atoms with E-state index in [1.807, 2.05) is 0 Å². The average Bonchev–Trinajstić information content (AvgIpc) is 2.42. The monoisotopic (exact) mass is 306 g/mol. The van der Waals surface area contributed by atoms with Crippen molar-refractivity contribution < 1.29 is 4.74 Å². The number of rotatable bonds is 5. The first kappa shape index (κ1) is 17.7. The molecule has 1 heterocycles. The molecule has 2 rings (SSSR count).